The minimum atomic E-state index is -1.45. The maximum absolute atomic E-state index is 13.8. The average molecular weight is 486 g/mol. The van der Waals surface area contributed by atoms with Gasteiger partial charge in [0.25, 0.3) is 0 Å². The Morgan fingerprint density at radius 3 is 2.29 bits per heavy atom. The van der Waals surface area contributed by atoms with Gasteiger partial charge in [0.15, 0.2) is 5.78 Å². The summed E-state index contributed by atoms with van der Waals surface area (Å²) in [4.78, 5) is 53.1. The van der Waals surface area contributed by atoms with E-state index in [-0.39, 0.29) is 43.8 Å². The van der Waals surface area contributed by atoms with Crippen LogP contribution in [-0.4, -0.2) is 42.9 Å². The molecule has 0 saturated carbocycles. The van der Waals surface area contributed by atoms with Crippen LogP contribution in [0.4, 0.5) is 11.4 Å². The van der Waals surface area contributed by atoms with E-state index in [1.165, 1.54) is 0 Å². The number of carbonyl (C=O) groups excluding carboxylic acids is 4. The number of hydrogen-bond donors (Lipinski definition) is 2. The lowest BCUT2D eigenvalue weighted by Crippen LogP contribution is -2.46. The molecule has 1 aliphatic carbocycles. The van der Waals surface area contributed by atoms with Crippen LogP contribution in [0.1, 0.15) is 71.8 Å². The number of ketones is 1. The number of ether oxygens (including phenoxy) is 2. The predicted octanol–water partition coefficient (Wildman–Crippen LogP) is 3.53. The highest BCUT2D eigenvalue weighted by Gasteiger charge is 2.54. The van der Waals surface area contributed by atoms with E-state index in [4.69, 9.17) is 9.47 Å². The molecule has 0 radical (unpaired) electrons. The minimum absolute atomic E-state index is 0.0382. The van der Waals surface area contributed by atoms with Gasteiger partial charge in [-0.3, -0.25) is 24.6 Å². The van der Waals surface area contributed by atoms with Crippen molar-refractivity contribution in [2.45, 2.75) is 77.7 Å². The first-order valence-corrected chi connectivity index (χ1v) is 12.3. The number of amides is 1. The van der Waals surface area contributed by atoms with Crippen LogP contribution in [0.25, 0.3) is 0 Å². The number of anilines is 2. The van der Waals surface area contributed by atoms with Gasteiger partial charge in [-0.2, -0.15) is 0 Å². The third-order valence-corrected chi connectivity index (χ3v) is 6.27. The SMILES string of the molecule is CCOC(=O)CC1(CC(=O)OCC)C(=O)N(C(C)C)c2ccc(NNC3=CCCCCC3=O)cc21. The number of nitrogens with zero attached hydrogens (tertiary/aromatic N) is 1. The number of rotatable bonds is 10. The summed E-state index contributed by atoms with van der Waals surface area (Å²) in [6, 6.07) is 5.14. The quantitative estimate of drug-likeness (QED) is 0.382. The molecule has 1 heterocycles. The van der Waals surface area contributed by atoms with E-state index in [1.807, 2.05) is 19.9 Å². The maximum Gasteiger partial charge on any atom is 0.307 e. The summed E-state index contributed by atoms with van der Waals surface area (Å²) < 4.78 is 10.4. The number of fused-ring (bicyclic) bond motifs is 1. The van der Waals surface area contributed by atoms with Gasteiger partial charge in [0.1, 0.15) is 0 Å². The number of hydrogen-bond acceptors (Lipinski definition) is 8. The van der Waals surface area contributed by atoms with Gasteiger partial charge in [-0.05, 0) is 70.7 Å². The highest BCUT2D eigenvalue weighted by molar-refractivity contribution is 6.12. The van der Waals surface area contributed by atoms with Gasteiger partial charge < -0.3 is 19.8 Å². The van der Waals surface area contributed by atoms with E-state index in [0.717, 1.165) is 19.3 Å². The molecule has 1 amide bonds. The van der Waals surface area contributed by atoms with E-state index in [2.05, 4.69) is 10.9 Å². The van der Waals surface area contributed by atoms with Gasteiger partial charge in [0.2, 0.25) is 5.91 Å². The molecule has 9 nitrogen and oxygen atoms in total. The average Bonchev–Trinajstić information content (AvgIpc) is 2.90. The molecule has 2 N–H and O–H groups in total. The number of hydrazine groups is 1. The lowest BCUT2D eigenvalue weighted by atomic mass is 9.75. The molecule has 0 unspecified atom stereocenters. The van der Waals surface area contributed by atoms with Crippen molar-refractivity contribution < 1.29 is 28.7 Å². The van der Waals surface area contributed by atoms with Crippen molar-refractivity contribution in [2.75, 3.05) is 23.5 Å². The molecule has 0 fully saturated rings. The second kappa shape index (κ2) is 11.4. The number of carbonyl (C=O) groups is 4. The normalized spacial score (nSPS) is 16.9. The highest BCUT2D eigenvalue weighted by atomic mass is 16.5. The fraction of sp³-hybridized carbons (Fsp3) is 0.538. The van der Waals surface area contributed by atoms with Crippen LogP contribution in [0.2, 0.25) is 0 Å². The summed E-state index contributed by atoms with van der Waals surface area (Å²) in [5.74, 6) is -1.42. The van der Waals surface area contributed by atoms with Gasteiger partial charge >= 0.3 is 11.9 Å². The molecule has 1 aromatic rings. The Balaban J connectivity index is 2.02. The van der Waals surface area contributed by atoms with Crippen molar-refractivity contribution in [1.82, 2.24) is 5.43 Å². The van der Waals surface area contributed by atoms with E-state index in [0.29, 0.717) is 29.1 Å². The van der Waals surface area contributed by atoms with Gasteiger partial charge in [-0.1, -0.05) is 6.08 Å². The monoisotopic (exact) mass is 485 g/mol. The first-order valence-electron chi connectivity index (χ1n) is 12.3. The van der Waals surface area contributed by atoms with Gasteiger partial charge in [0.05, 0.1) is 42.9 Å². The van der Waals surface area contributed by atoms with Crippen LogP contribution in [0.3, 0.4) is 0 Å². The van der Waals surface area contributed by atoms with E-state index in [1.54, 1.807) is 36.9 Å². The maximum atomic E-state index is 13.8. The summed E-state index contributed by atoms with van der Waals surface area (Å²) >= 11 is 0. The Labute approximate surface area is 206 Å². The molecule has 3 rings (SSSR count). The Hall–Kier alpha value is -3.36. The third kappa shape index (κ3) is 5.66. The zero-order valence-electron chi connectivity index (χ0n) is 20.9. The second-order valence-corrected chi connectivity index (χ2v) is 9.08. The van der Waals surface area contributed by atoms with Crippen molar-refractivity contribution in [2.24, 2.45) is 0 Å². The fourth-order valence-electron chi connectivity index (χ4n) is 4.68. The summed E-state index contributed by atoms with van der Waals surface area (Å²) in [5.41, 5.74) is 6.88. The van der Waals surface area contributed by atoms with Gasteiger partial charge in [-0.25, -0.2) is 0 Å². The standard InChI is InChI=1S/C26H35N3O6/c1-5-34-23(31)15-26(16-24(32)35-6-2)19-14-18(12-13-21(19)29(17(3)4)25(26)33)27-28-20-10-8-7-9-11-22(20)30/h10,12-14,17,27-28H,5-9,11,15-16H2,1-4H3. The third-order valence-electron chi connectivity index (χ3n) is 6.27. The predicted molar refractivity (Wildman–Crippen MR) is 132 cm³/mol. The number of nitrogens with one attached hydrogen (secondary N) is 2. The molecular formula is C26H35N3O6. The molecule has 0 bridgehead atoms. The molecule has 0 atom stereocenters. The van der Waals surface area contributed by atoms with Crippen LogP contribution in [0.5, 0.6) is 0 Å². The van der Waals surface area contributed by atoms with Crippen molar-refractivity contribution >= 4 is 35.0 Å². The molecule has 1 aromatic carbocycles. The molecule has 1 aliphatic heterocycles. The number of Topliss-reactive ketones (excluding diaryl/α,β-unsaturated/α-hetero) is 1. The smallest absolute Gasteiger partial charge is 0.307 e. The van der Waals surface area contributed by atoms with E-state index < -0.39 is 17.4 Å². The first-order chi connectivity index (χ1) is 16.7. The molecule has 2 aliphatic rings. The molecule has 9 heteroatoms. The van der Waals surface area contributed by atoms with Crippen LogP contribution in [0, 0.1) is 0 Å². The fourth-order valence-corrected chi connectivity index (χ4v) is 4.68. The van der Waals surface area contributed by atoms with Crippen LogP contribution in [0.15, 0.2) is 30.0 Å². The van der Waals surface area contributed by atoms with Crippen LogP contribution in [-0.2, 0) is 34.1 Å². The Kier molecular flexibility index (Phi) is 8.53. The molecule has 190 valence electrons. The molecule has 35 heavy (non-hydrogen) atoms. The molecule has 0 spiro atoms. The summed E-state index contributed by atoms with van der Waals surface area (Å²) in [6.07, 6.45) is 4.45. The van der Waals surface area contributed by atoms with Crippen LogP contribution >= 0.6 is 0 Å². The Morgan fingerprint density at radius 2 is 1.69 bits per heavy atom. The van der Waals surface area contributed by atoms with E-state index in [9.17, 15) is 19.2 Å². The van der Waals surface area contributed by atoms with Crippen LogP contribution < -0.4 is 15.8 Å². The van der Waals surface area contributed by atoms with Gasteiger partial charge in [0, 0.05) is 18.2 Å². The van der Waals surface area contributed by atoms with Crippen molar-refractivity contribution in [3.05, 3.63) is 35.5 Å². The zero-order valence-corrected chi connectivity index (χ0v) is 20.9. The Bertz CT molecular complexity index is 996. The lowest BCUT2D eigenvalue weighted by molar-refractivity contribution is -0.151. The molecule has 0 aromatic heterocycles. The topological polar surface area (TPSA) is 114 Å². The molecular weight excluding hydrogens is 450 g/mol. The van der Waals surface area contributed by atoms with Crippen molar-refractivity contribution in [1.29, 1.82) is 0 Å². The summed E-state index contributed by atoms with van der Waals surface area (Å²) in [5, 5.41) is 0. The number of allylic oxidation sites excluding steroid dienone is 2. The van der Waals surface area contributed by atoms with E-state index >= 15 is 0 Å². The second-order valence-electron chi connectivity index (χ2n) is 9.08. The largest absolute Gasteiger partial charge is 0.466 e. The van der Waals surface area contributed by atoms with Crippen molar-refractivity contribution in [3.63, 3.8) is 0 Å². The van der Waals surface area contributed by atoms with Gasteiger partial charge in [-0.15, -0.1) is 0 Å². The van der Waals surface area contributed by atoms with Crippen molar-refractivity contribution in [3.8, 4) is 0 Å². The lowest BCUT2D eigenvalue weighted by Gasteiger charge is -2.28. The summed E-state index contributed by atoms with van der Waals surface area (Å²) in [6.45, 7) is 7.47. The number of benzene rings is 1. The minimum Gasteiger partial charge on any atom is -0.466 e. The Morgan fingerprint density at radius 1 is 1.03 bits per heavy atom. The highest BCUT2D eigenvalue weighted by Crippen LogP contribution is 2.48. The summed E-state index contributed by atoms with van der Waals surface area (Å²) in [7, 11) is 0. The number of esters is 2. The zero-order chi connectivity index (χ0) is 25.6. The first kappa shape index (κ1) is 26.2. The molecule has 0 saturated heterocycles.